The molecule has 0 fully saturated rings. The van der Waals surface area contributed by atoms with Crippen LogP contribution in [-0.4, -0.2) is 0 Å². The number of rotatable bonds is 0. The van der Waals surface area contributed by atoms with Crippen molar-refractivity contribution in [3.63, 3.8) is 0 Å². The van der Waals surface area contributed by atoms with Crippen LogP contribution in [0.2, 0.25) is 0 Å². The summed E-state index contributed by atoms with van der Waals surface area (Å²) in [4.78, 5) is 19.6. The third kappa shape index (κ3) is 0.204. The smallest absolute Gasteiger partial charge is 0.225 e. The van der Waals surface area contributed by atoms with Crippen LogP contribution in [0.15, 0.2) is 21.7 Å². The summed E-state index contributed by atoms with van der Waals surface area (Å²) in [5, 5.41) is 0. The van der Waals surface area contributed by atoms with Gasteiger partial charge in [-0.05, 0) is 12.1 Å². The fourth-order valence-electron chi connectivity index (χ4n) is 0.219. The largest absolute Gasteiger partial charge is 0.286 e. The monoisotopic (exact) mass is 82.0 g/mol. The molecule has 0 aliphatic heterocycles. The van der Waals surface area contributed by atoms with Crippen LogP contribution in [0.3, 0.4) is 0 Å². The molecule has 0 heterocycles. The van der Waals surface area contributed by atoms with Crippen molar-refractivity contribution < 1.29 is 0 Å². The molecule has 0 aromatic heterocycles. The van der Waals surface area contributed by atoms with E-state index in [0.717, 1.165) is 0 Å². The van der Waals surface area contributed by atoms with Crippen LogP contribution in [0.4, 0.5) is 0 Å². The standard InChI is InChI=1S/C4H2O2/c5-3-1-2-4(3)6/h1-2H. The topological polar surface area (TPSA) is 34.1 Å². The highest BCUT2D eigenvalue weighted by Crippen LogP contribution is 1.54. The molecule has 6 heavy (non-hydrogen) atoms. The minimum atomic E-state index is -0.380. The van der Waals surface area contributed by atoms with Gasteiger partial charge in [-0.1, -0.05) is 0 Å². The molecule has 0 saturated heterocycles. The Labute approximate surface area is 33.7 Å². The van der Waals surface area contributed by atoms with Gasteiger partial charge in [-0.25, -0.2) is 0 Å². The van der Waals surface area contributed by atoms with Crippen LogP contribution in [0.25, 0.3) is 0 Å². The molecule has 1 rings (SSSR count). The first-order valence-corrected chi connectivity index (χ1v) is 1.57. The lowest BCUT2D eigenvalue weighted by Gasteiger charge is -1.70. The zero-order valence-electron chi connectivity index (χ0n) is 2.97. The lowest BCUT2D eigenvalue weighted by molar-refractivity contribution is 1.43. The summed E-state index contributed by atoms with van der Waals surface area (Å²) < 4.78 is 0. The highest BCUT2D eigenvalue weighted by molar-refractivity contribution is 5.01. The summed E-state index contributed by atoms with van der Waals surface area (Å²) in [6, 6.07) is 2.50. The highest BCUT2D eigenvalue weighted by atomic mass is 16.2. The minimum absolute atomic E-state index is 0.380. The van der Waals surface area contributed by atoms with Gasteiger partial charge in [0, 0.05) is 0 Å². The van der Waals surface area contributed by atoms with E-state index >= 15 is 0 Å². The Morgan fingerprint density at radius 2 is 1.33 bits per heavy atom. The molecule has 1 aromatic carbocycles. The van der Waals surface area contributed by atoms with Gasteiger partial charge in [0.2, 0.25) is 10.9 Å². The molecule has 0 unspecified atom stereocenters. The van der Waals surface area contributed by atoms with Crippen molar-refractivity contribution >= 4 is 0 Å². The van der Waals surface area contributed by atoms with Gasteiger partial charge in [0.25, 0.3) is 0 Å². The Kier molecular flexibility index (Phi) is 0.422. The molecule has 0 atom stereocenters. The van der Waals surface area contributed by atoms with Crippen molar-refractivity contribution in [2.75, 3.05) is 0 Å². The average molecular weight is 82.1 g/mol. The van der Waals surface area contributed by atoms with Crippen molar-refractivity contribution in [2.24, 2.45) is 0 Å². The molecule has 2 nitrogen and oxygen atoms in total. The SMILES string of the molecule is O=c1ccc1=O. The zero-order chi connectivity index (χ0) is 4.57. The van der Waals surface area contributed by atoms with Gasteiger partial charge in [0.1, 0.15) is 0 Å². The second kappa shape index (κ2) is 0.772. The van der Waals surface area contributed by atoms with Crippen LogP contribution < -0.4 is 10.9 Å². The number of hydrogen-bond acceptors (Lipinski definition) is 2. The van der Waals surface area contributed by atoms with E-state index in [0.29, 0.717) is 0 Å². The van der Waals surface area contributed by atoms with Crippen molar-refractivity contribution in [3.05, 3.63) is 32.6 Å². The van der Waals surface area contributed by atoms with Gasteiger partial charge in [-0.3, -0.25) is 9.59 Å². The molecular formula is C4H2O2. The van der Waals surface area contributed by atoms with E-state index in [-0.39, 0.29) is 10.9 Å². The second-order valence-electron chi connectivity index (χ2n) is 1.06. The maximum atomic E-state index is 9.79. The predicted molar refractivity (Wildman–Crippen MR) is 21.4 cm³/mol. The third-order valence-electron chi connectivity index (χ3n) is 0.629. The summed E-state index contributed by atoms with van der Waals surface area (Å²) in [6.07, 6.45) is 0. The molecule has 1 aromatic rings. The molecule has 0 N–H and O–H groups in total. The van der Waals surface area contributed by atoms with E-state index in [1.54, 1.807) is 0 Å². The van der Waals surface area contributed by atoms with Crippen molar-refractivity contribution in [2.45, 2.75) is 0 Å². The predicted octanol–water partition coefficient (Wildman–Crippen LogP) is -0.717. The van der Waals surface area contributed by atoms with Crippen molar-refractivity contribution in [1.29, 1.82) is 0 Å². The molecule has 0 amide bonds. The van der Waals surface area contributed by atoms with Crippen LogP contribution in [-0.2, 0) is 0 Å². The van der Waals surface area contributed by atoms with E-state index in [4.69, 9.17) is 0 Å². The molecule has 0 spiro atoms. The molecule has 0 aliphatic carbocycles. The zero-order valence-corrected chi connectivity index (χ0v) is 2.97. The van der Waals surface area contributed by atoms with E-state index < -0.39 is 0 Å². The Morgan fingerprint density at radius 3 is 1.33 bits per heavy atom. The third-order valence-corrected chi connectivity index (χ3v) is 0.629. The summed E-state index contributed by atoms with van der Waals surface area (Å²) in [7, 11) is 0. The van der Waals surface area contributed by atoms with E-state index in [1.807, 2.05) is 0 Å². The van der Waals surface area contributed by atoms with Crippen LogP contribution in [0.1, 0.15) is 0 Å². The molecule has 0 aliphatic rings. The summed E-state index contributed by atoms with van der Waals surface area (Å²) in [6.45, 7) is 0. The first-order valence-electron chi connectivity index (χ1n) is 1.57. The average Bonchev–Trinajstić information content (AvgIpc) is 1.61. The molecule has 30 valence electrons. The van der Waals surface area contributed by atoms with Gasteiger partial charge in [-0.2, -0.15) is 0 Å². The Bertz CT molecular complexity index is 180. The summed E-state index contributed by atoms with van der Waals surface area (Å²) in [5.41, 5.74) is -0.759. The van der Waals surface area contributed by atoms with Crippen molar-refractivity contribution in [1.82, 2.24) is 0 Å². The molecular weight excluding hydrogens is 80.0 g/mol. The van der Waals surface area contributed by atoms with E-state index in [2.05, 4.69) is 0 Å². The lowest BCUT2D eigenvalue weighted by Crippen LogP contribution is -2.26. The summed E-state index contributed by atoms with van der Waals surface area (Å²) in [5.74, 6) is 0. The van der Waals surface area contributed by atoms with Gasteiger partial charge in [0.15, 0.2) is 0 Å². The molecule has 0 saturated carbocycles. The first kappa shape index (κ1) is 3.28. The molecule has 2 heteroatoms. The quantitative estimate of drug-likeness (QED) is 0.387. The Morgan fingerprint density at radius 1 is 1.00 bits per heavy atom. The van der Waals surface area contributed by atoms with Crippen molar-refractivity contribution in [3.8, 4) is 0 Å². The highest BCUT2D eigenvalue weighted by Gasteiger charge is 1.89. The normalized spacial score (nSPS) is 9.33. The number of hydrogen-bond donors (Lipinski definition) is 0. The van der Waals surface area contributed by atoms with Crippen LogP contribution >= 0.6 is 0 Å². The van der Waals surface area contributed by atoms with Crippen LogP contribution in [0.5, 0.6) is 0 Å². The molecule has 0 bridgehead atoms. The first-order chi connectivity index (χ1) is 2.80. The molecule has 0 radical (unpaired) electrons. The van der Waals surface area contributed by atoms with Gasteiger partial charge in [-0.15, -0.1) is 0 Å². The Balaban J connectivity index is 3.58. The Hall–Kier alpha value is -0.920. The maximum absolute atomic E-state index is 9.79. The van der Waals surface area contributed by atoms with E-state index in [1.165, 1.54) is 12.1 Å². The van der Waals surface area contributed by atoms with Gasteiger partial charge < -0.3 is 0 Å². The van der Waals surface area contributed by atoms with Gasteiger partial charge >= 0.3 is 0 Å². The summed E-state index contributed by atoms with van der Waals surface area (Å²) >= 11 is 0. The van der Waals surface area contributed by atoms with E-state index in [9.17, 15) is 9.59 Å². The second-order valence-corrected chi connectivity index (χ2v) is 1.06. The van der Waals surface area contributed by atoms with Crippen LogP contribution in [0, 0.1) is 0 Å². The van der Waals surface area contributed by atoms with Gasteiger partial charge in [0.05, 0.1) is 0 Å². The fraction of sp³-hybridized carbons (Fsp3) is 0. The maximum Gasteiger partial charge on any atom is 0.225 e. The lowest BCUT2D eigenvalue weighted by atomic mass is 10.3. The fourth-order valence-corrected chi connectivity index (χ4v) is 0.219. The minimum Gasteiger partial charge on any atom is -0.286 e.